The first-order valence-corrected chi connectivity index (χ1v) is 7.29. The van der Waals surface area contributed by atoms with Gasteiger partial charge in [0.2, 0.25) is 5.91 Å². The number of hydrogen-bond donors (Lipinski definition) is 1. The lowest BCUT2D eigenvalue weighted by Crippen LogP contribution is -2.53. The molecule has 3 unspecified atom stereocenters. The second-order valence-electron chi connectivity index (χ2n) is 5.59. The van der Waals surface area contributed by atoms with E-state index in [2.05, 4.69) is 12.2 Å². The molecule has 1 amide bonds. The zero-order valence-electron chi connectivity index (χ0n) is 11.7. The Labute approximate surface area is 110 Å². The standard InChI is InChI=1S/C14H26N2O2/c1-3-11-6-7-15-13(9-11)14(17)16-8-4-5-12(10-16)18-2/h11-13,15H,3-10H2,1-2H3. The average Bonchev–Trinajstić information content (AvgIpc) is 2.46. The summed E-state index contributed by atoms with van der Waals surface area (Å²) in [4.78, 5) is 14.5. The van der Waals surface area contributed by atoms with E-state index in [1.807, 2.05) is 4.90 Å². The molecule has 18 heavy (non-hydrogen) atoms. The van der Waals surface area contributed by atoms with Crippen molar-refractivity contribution in [3.8, 4) is 0 Å². The third-order valence-corrected chi connectivity index (χ3v) is 4.41. The van der Waals surface area contributed by atoms with Crippen LogP contribution in [0, 0.1) is 5.92 Å². The van der Waals surface area contributed by atoms with Gasteiger partial charge in [-0.05, 0) is 38.1 Å². The number of nitrogens with zero attached hydrogens (tertiary/aromatic N) is 1. The van der Waals surface area contributed by atoms with Gasteiger partial charge in [0.1, 0.15) is 0 Å². The molecule has 2 aliphatic rings. The van der Waals surface area contributed by atoms with Crippen LogP contribution in [0.1, 0.15) is 39.0 Å². The molecule has 104 valence electrons. The second-order valence-corrected chi connectivity index (χ2v) is 5.59. The van der Waals surface area contributed by atoms with Crippen molar-refractivity contribution in [3.63, 3.8) is 0 Å². The molecule has 3 atom stereocenters. The smallest absolute Gasteiger partial charge is 0.239 e. The van der Waals surface area contributed by atoms with Gasteiger partial charge in [-0.2, -0.15) is 0 Å². The summed E-state index contributed by atoms with van der Waals surface area (Å²) in [5, 5.41) is 3.38. The molecule has 0 aromatic carbocycles. The van der Waals surface area contributed by atoms with E-state index >= 15 is 0 Å². The number of ether oxygens (including phenoxy) is 1. The lowest BCUT2D eigenvalue weighted by atomic mass is 9.89. The maximum Gasteiger partial charge on any atom is 0.239 e. The summed E-state index contributed by atoms with van der Waals surface area (Å²) in [6, 6.07) is 0.0410. The summed E-state index contributed by atoms with van der Waals surface area (Å²) in [6.07, 6.45) is 5.77. The third kappa shape index (κ3) is 3.23. The molecule has 0 spiro atoms. The Kier molecular flexibility index (Phi) is 5.01. The Morgan fingerprint density at radius 2 is 2.28 bits per heavy atom. The maximum absolute atomic E-state index is 12.5. The van der Waals surface area contributed by atoms with Gasteiger partial charge in [0.25, 0.3) is 0 Å². The number of likely N-dealkylation sites (tertiary alicyclic amines) is 1. The van der Waals surface area contributed by atoms with Gasteiger partial charge in [0.05, 0.1) is 12.1 Å². The first-order valence-electron chi connectivity index (χ1n) is 7.29. The van der Waals surface area contributed by atoms with Crippen molar-refractivity contribution in [3.05, 3.63) is 0 Å². The molecule has 0 bridgehead atoms. The predicted octanol–water partition coefficient (Wildman–Crippen LogP) is 1.40. The fraction of sp³-hybridized carbons (Fsp3) is 0.929. The number of hydrogen-bond acceptors (Lipinski definition) is 3. The predicted molar refractivity (Wildman–Crippen MR) is 71.4 cm³/mol. The molecule has 0 aromatic rings. The molecule has 2 fully saturated rings. The van der Waals surface area contributed by atoms with Crippen molar-refractivity contribution in [2.24, 2.45) is 5.92 Å². The minimum absolute atomic E-state index is 0.0410. The molecule has 1 N–H and O–H groups in total. The first-order chi connectivity index (χ1) is 8.74. The number of nitrogens with one attached hydrogen (secondary N) is 1. The van der Waals surface area contributed by atoms with Crippen LogP contribution < -0.4 is 5.32 Å². The van der Waals surface area contributed by atoms with E-state index in [1.165, 1.54) is 12.8 Å². The van der Waals surface area contributed by atoms with Crippen LogP contribution >= 0.6 is 0 Å². The van der Waals surface area contributed by atoms with Gasteiger partial charge in [-0.1, -0.05) is 13.3 Å². The van der Waals surface area contributed by atoms with Gasteiger partial charge < -0.3 is 15.0 Å². The van der Waals surface area contributed by atoms with E-state index in [-0.39, 0.29) is 18.1 Å². The van der Waals surface area contributed by atoms with Crippen molar-refractivity contribution < 1.29 is 9.53 Å². The summed E-state index contributed by atoms with van der Waals surface area (Å²) >= 11 is 0. The molecule has 0 aromatic heterocycles. The van der Waals surface area contributed by atoms with Crippen molar-refractivity contribution in [2.75, 3.05) is 26.7 Å². The molecular weight excluding hydrogens is 228 g/mol. The Hall–Kier alpha value is -0.610. The topological polar surface area (TPSA) is 41.6 Å². The fourth-order valence-corrected chi connectivity index (χ4v) is 3.11. The van der Waals surface area contributed by atoms with Gasteiger partial charge in [0.15, 0.2) is 0 Å². The molecule has 2 aliphatic heterocycles. The van der Waals surface area contributed by atoms with E-state index in [0.717, 1.165) is 38.9 Å². The number of methoxy groups -OCH3 is 1. The normalized spacial score (nSPS) is 33.4. The highest BCUT2D eigenvalue weighted by atomic mass is 16.5. The van der Waals surface area contributed by atoms with Gasteiger partial charge in [-0.15, -0.1) is 0 Å². The van der Waals surface area contributed by atoms with E-state index in [0.29, 0.717) is 5.92 Å². The molecule has 0 saturated carbocycles. The average molecular weight is 254 g/mol. The number of amides is 1. The van der Waals surface area contributed by atoms with E-state index in [9.17, 15) is 4.79 Å². The van der Waals surface area contributed by atoms with Crippen LogP contribution in [0.15, 0.2) is 0 Å². The largest absolute Gasteiger partial charge is 0.380 e. The number of piperidine rings is 2. The van der Waals surface area contributed by atoms with Crippen LogP contribution in [0.25, 0.3) is 0 Å². The van der Waals surface area contributed by atoms with Crippen LogP contribution in [-0.4, -0.2) is 49.7 Å². The highest BCUT2D eigenvalue weighted by Crippen LogP contribution is 2.22. The van der Waals surface area contributed by atoms with E-state index in [1.54, 1.807) is 7.11 Å². The SMILES string of the molecule is CCC1CCNC(C(=O)N2CCCC(OC)C2)C1. The molecule has 2 rings (SSSR count). The van der Waals surface area contributed by atoms with Crippen molar-refractivity contribution in [1.29, 1.82) is 0 Å². The Bertz CT molecular complexity index is 257. The van der Waals surface area contributed by atoms with Crippen LogP contribution in [0.2, 0.25) is 0 Å². The highest BCUT2D eigenvalue weighted by molar-refractivity contribution is 5.82. The molecule has 2 heterocycles. The zero-order chi connectivity index (χ0) is 13.0. The minimum atomic E-state index is 0.0410. The quantitative estimate of drug-likeness (QED) is 0.828. The Morgan fingerprint density at radius 1 is 1.44 bits per heavy atom. The summed E-state index contributed by atoms with van der Waals surface area (Å²) in [5.41, 5.74) is 0. The maximum atomic E-state index is 12.5. The molecule has 4 heteroatoms. The van der Waals surface area contributed by atoms with Crippen LogP contribution in [0.3, 0.4) is 0 Å². The number of rotatable bonds is 3. The lowest BCUT2D eigenvalue weighted by Gasteiger charge is -2.37. The summed E-state index contributed by atoms with van der Waals surface area (Å²) in [7, 11) is 1.74. The van der Waals surface area contributed by atoms with Crippen LogP contribution in [0.5, 0.6) is 0 Å². The van der Waals surface area contributed by atoms with Crippen LogP contribution in [-0.2, 0) is 9.53 Å². The fourth-order valence-electron chi connectivity index (χ4n) is 3.11. The lowest BCUT2D eigenvalue weighted by molar-refractivity contribution is -0.138. The highest BCUT2D eigenvalue weighted by Gasteiger charge is 2.31. The van der Waals surface area contributed by atoms with Crippen LogP contribution in [0.4, 0.5) is 0 Å². The van der Waals surface area contributed by atoms with Gasteiger partial charge in [-0.3, -0.25) is 4.79 Å². The molecule has 0 radical (unpaired) electrons. The summed E-state index contributed by atoms with van der Waals surface area (Å²) in [5.74, 6) is 0.998. The summed E-state index contributed by atoms with van der Waals surface area (Å²) in [6.45, 7) is 4.87. The number of carbonyl (C=O) groups excluding carboxylic acids is 1. The molecule has 4 nitrogen and oxygen atoms in total. The van der Waals surface area contributed by atoms with Gasteiger partial charge >= 0.3 is 0 Å². The van der Waals surface area contributed by atoms with Crippen molar-refractivity contribution in [1.82, 2.24) is 10.2 Å². The number of carbonyl (C=O) groups is 1. The third-order valence-electron chi connectivity index (χ3n) is 4.41. The molecular formula is C14H26N2O2. The zero-order valence-corrected chi connectivity index (χ0v) is 11.7. The second kappa shape index (κ2) is 6.53. The minimum Gasteiger partial charge on any atom is -0.380 e. The van der Waals surface area contributed by atoms with E-state index < -0.39 is 0 Å². The molecule has 0 aliphatic carbocycles. The molecule has 2 saturated heterocycles. The summed E-state index contributed by atoms with van der Waals surface area (Å²) < 4.78 is 5.39. The van der Waals surface area contributed by atoms with Gasteiger partial charge in [0, 0.05) is 20.2 Å². The van der Waals surface area contributed by atoms with Crippen molar-refractivity contribution in [2.45, 2.75) is 51.2 Å². The Morgan fingerprint density at radius 3 is 3.00 bits per heavy atom. The first kappa shape index (κ1) is 13.8. The van der Waals surface area contributed by atoms with Gasteiger partial charge in [-0.25, -0.2) is 0 Å². The van der Waals surface area contributed by atoms with Crippen molar-refractivity contribution >= 4 is 5.91 Å². The van der Waals surface area contributed by atoms with E-state index in [4.69, 9.17) is 4.74 Å². The Balaban J connectivity index is 1.89. The monoisotopic (exact) mass is 254 g/mol.